The molecule has 1 fully saturated rings. The summed E-state index contributed by atoms with van der Waals surface area (Å²) in [5, 5.41) is 5.34. The number of nitrogens with zero attached hydrogens (tertiary/aromatic N) is 3. The number of anilines is 1. The Morgan fingerprint density at radius 2 is 1.61 bits per heavy atom. The first-order valence-corrected chi connectivity index (χ1v) is 10.6. The molecule has 1 aliphatic rings. The minimum atomic E-state index is -1.22. The van der Waals surface area contributed by atoms with Crippen LogP contribution in [0, 0.1) is 6.92 Å². The van der Waals surface area contributed by atoms with Crippen LogP contribution >= 0.6 is 0 Å². The van der Waals surface area contributed by atoms with E-state index in [1.807, 2.05) is 24.3 Å². The smallest absolute Gasteiger partial charge is 0.319 e. The van der Waals surface area contributed by atoms with Gasteiger partial charge in [0.15, 0.2) is 0 Å². The minimum absolute atomic E-state index is 0.100. The number of rotatable bonds is 6. The topological polar surface area (TPSA) is 105 Å². The number of para-hydroxylation sites is 1. The van der Waals surface area contributed by atoms with Gasteiger partial charge in [0, 0.05) is 7.05 Å². The van der Waals surface area contributed by atoms with E-state index in [0.29, 0.717) is 23.4 Å². The number of hydrogen-bond acceptors (Lipinski definition) is 4. The van der Waals surface area contributed by atoms with Gasteiger partial charge in [-0.05, 0) is 31.0 Å². The van der Waals surface area contributed by atoms with Crippen LogP contribution in [0.2, 0.25) is 0 Å². The Morgan fingerprint density at radius 3 is 2.21 bits per heavy atom. The van der Waals surface area contributed by atoms with Gasteiger partial charge < -0.3 is 10.6 Å². The van der Waals surface area contributed by atoms with Gasteiger partial charge in [-0.3, -0.25) is 24.0 Å². The zero-order valence-corrected chi connectivity index (χ0v) is 18.7. The van der Waals surface area contributed by atoms with Crippen LogP contribution in [0.3, 0.4) is 0 Å². The maximum Gasteiger partial charge on any atom is 0.325 e. The number of carbonyl (C=O) groups is 3. The predicted molar refractivity (Wildman–Crippen MR) is 123 cm³/mol. The SMILES string of the molecule is CC[C@]1(c2ccccc2)NC(=O)N(CC(=O)Nc2c(C)n(C)n(-c3ccccc3)c2=O)C1=O. The van der Waals surface area contributed by atoms with Crippen molar-refractivity contribution in [3.05, 3.63) is 82.3 Å². The molecule has 1 aliphatic heterocycles. The van der Waals surface area contributed by atoms with Crippen LogP contribution in [0.5, 0.6) is 0 Å². The van der Waals surface area contributed by atoms with Crippen LogP contribution in [0.4, 0.5) is 10.5 Å². The Hall–Kier alpha value is -4.14. The third-order valence-electron chi connectivity index (χ3n) is 6.09. The Bertz CT molecular complexity index is 1280. The lowest BCUT2D eigenvalue weighted by molar-refractivity contribution is -0.134. The van der Waals surface area contributed by atoms with Crippen molar-refractivity contribution in [1.29, 1.82) is 0 Å². The number of urea groups is 1. The highest BCUT2D eigenvalue weighted by atomic mass is 16.2. The number of carbonyl (C=O) groups excluding carboxylic acids is 3. The lowest BCUT2D eigenvalue weighted by Gasteiger charge is -2.25. The molecule has 0 unspecified atom stereocenters. The first kappa shape index (κ1) is 22.1. The molecule has 2 heterocycles. The maximum absolute atomic E-state index is 13.2. The zero-order valence-electron chi connectivity index (χ0n) is 18.7. The van der Waals surface area contributed by atoms with Crippen molar-refractivity contribution in [3.8, 4) is 5.69 Å². The molecule has 33 heavy (non-hydrogen) atoms. The molecule has 170 valence electrons. The Balaban J connectivity index is 1.57. The molecule has 9 nitrogen and oxygen atoms in total. The number of hydrogen-bond donors (Lipinski definition) is 2. The van der Waals surface area contributed by atoms with Crippen molar-refractivity contribution in [3.63, 3.8) is 0 Å². The molecule has 3 aromatic rings. The molecule has 0 bridgehead atoms. The molecule has 4 rings (SSSR count). The van der Waals surface area contributed by atoms with E-state index in [0.717, 1.165) is 4.90 Å². The van der Waals surface area contributed by atoms with E-state index in [-0.39, 0.29) is 5.69 Å². The van der Waals surface area contributed by atoms with Crippen LogP contribution in [0.15, 0.2) is 65.5 Å². The normalized spacial score (nSPS) is 17.8. The van der Waals surface area contributed by atoms with Crippen molar-refractivity contribution in [2.75, 3.05) is 11.9 Å². The van der Waals surface area contributed by atoms with Gasteiger partial charge in [0.05, 0.1) is 11.4 Å². The summed E-state index contributed by atoms with van der Waals surface area (Å²) in [6, 6.07) is 17.3. The monoisotopic (exact) mass is 447 g/mol. The summed E-state index contributed by atoms with van der Waals surface area (Å²) in [7, 11) is 1.71. The Labute approximate surface area is 190 Å². The van der Waals surface area contributed by atoms with E-state index < -0.39 is 35.5 Å². The molecule has 0 saturated carbocycles. The second-order valence-corrected chi connectivity index (χ2v) is 7.93. The molecule has 1 atom stereocenters. The van der Waals surface area contributed by atoms with Gasteiger partial charge >= 0.3 is 6.03 Å². The molecule has 2 N–H and O–H groups in total. The average molecular weight is 447 g/mol. The van der Waals surface area contributed by atoms with E-state index in [2.05, 4.69) is 10.6 Å². The standard InChI is InChI=1S/C24H25N5O4/c1-4-24(17-11-7-5-8-12-17)22(32)28(23(33)26-24)15-19(30)25-20-16(2)27(3)29(21(20)31)18-13-9-6-10-14-18/h5-14H,4,15H2,1-3H3,(H,25,30)(H,26,33)/t24-/m1/s1. The second-order valence-electron chi connectivity index (χ2n) is 7.93. The van der Waals surface area contributed by atoms with Gasteiger partial charge in [-0.1, -0.05) is 55.5 Å². The van der Waals surface area contributed by atoms with Crippen molar-refractivity contribution in [2.24, 2.45) is 7.05 Å². The lowest BCUT2D eigenvalue weighted by Crippen LogP contribution is -2.44. The van der Waals surface area contributed by atoms with Gasteiger partial charge in [-0.2, -0.15) is 0 Å². The Kier molecular flexibility index (Phi) is 5.63. The molecular formula is C24H25N5O4. The number of nitrogens with one attached hydrogen (secondary N) is 2. The van der Waals surface area contributed by atoms with Crippen LogP contribution in [-0.4, -0.2) is 38.7 Å². The van der Waals surface area contributed by atoms with Crippen LogP contribution in [-0.2, 0) is 22.2 Å². The minimum Gasteiger partial charge on any atom is -0.319 e. The number of aromatic nitrogens is 2. The number of amides is 4. The van der Waals surface area contributed by atoms with Gasteiger partial charge in [-0.25, -0.2) is 9.48 Å². The summed E-state index contributed by atoms with van der Waals surface area (Å²) in [5.41, 5.74) is 0.321. The van der Waals surface area contributed by atoms with Crippen LogP contribution in [0.1, 0.15) is 24.6 Å². The molecule has 0 aliphatic carbocycles. The lowest BCUT2D eigenvalue weighted by atomic mass is 9.87. The number of benzene rings is 2. The fourth-order valence-electron chi connectivity index (χ4n) is 4.17. The zero-order chi connectivity index (χ0) is 23.8. The van der Waals surface area contributed by atoms with E-state index in [9.17, 15) is 19.2 Å². The quantitative estimate of drug-likeness (QED) is 0.566. The van der Waals surface area contributed by atoms with E-state index >= 15 is 0 Å². The molecule has 9 heteroatoms. The first-order valence-electron chi connectivity index (χ1n) is 10.6. The van der Waals surface area contributed by atoms with Crippen molar-refractivity contribution >= 4 is 23.5 Å². The molecule has 4 amide bonds. The van der Waals surface area contributed by atoms with Crippen LogP contribution < -0.4 is 16.2 Å². The summed E-state index contributed by atoms with van der Waals surface area (Å²) in [6.45, 7) is 3.01. The van der Waals surface area contributed by atoms with E-state index in [1.54, 1.807) is 62.0 Å². The van der Waals surface area contributed by atoms with Gasteiger partial charge in [-0.15, -0.1) is 0 Å². The van der Waals surface area contributed by atoms with Crippen LogP contribution in [0.25, 0.3) is 5.69 Å². The summed E-state index contributed by atoms with van der Waals surface area (Å²) in [6.07, 6.45) is 0.333. The van der Waals surface area contributed by atoms with Crippen molar-refractivity contribution in [1.82, 2.24) is 19.6 Å². The highest BCUT2D eigenvalue weighted by molar-refractivity contribution is 6.10. The largest absolute Gasteiger partial charge is 0.325 e. The van der Waals surface area contributed by atoms with Crippen molar-refractivity contribution < 1.29 is 14.4 Å². The molecule has 1 aromatic heterocycles. The maximum atomic E-state index is 13.2. The highest BCUT2D eigenvalue weighted by Crippen LogP contribution is 2.32. The fourth-order valence-corrected chi connectivity index (χ4v) is 4.17. The fraction of sp³-hybridized carbons (Fsp3) is 0.250. The summed E-state index contributed by atoms with van der Waals surface area (Å²) in [4.78, 5) is 52.6. The summed E-state index contributed by atoms with van der Waals surface area (Å²) in [5.74, 6) is -1.13. The number of imide groups is 1. The molecule has 0 radical (unpaired) electrons. The van der Waals surface area contributed by atoms with Gasteiger partial charge in [0.2, 0.25) is 5.91 Å². The van der Waals surface area contributed by atoms with E-state index in [4.69, 9.17) is 0 Å². The Morgan fingerprint density at radius 1 is 1.00 bits per heavy atom. The average Bonchev–Trinajstić information content (AvgIpc) is 3.20. The third kappa shape index (κ3) is 3.61. The third-order valence-corrected chi connectivity index (χ3v) is 6.09. The molecule has 2 aromatic carbocycles. The highest BCUT2D eigenvalue weighted by Gasteiger charge is 2.51. The van der Waals surface area contributed by atoms with E-state index in [1.165, 1.54) is 4.68 Å². The van der Waals surface area contributed by atoms with Gasteiger partial charge in [0.1, 0.15) is 17.8 Å². The summed E-state index contributed by atoms with van der Waals surface area (Å²) >= 11 is 0. The molecule has 0 spiro atoms. The molecule has 1 saturated heterocycles. The second kappa shape index (κ2) is 8.42. The molecular weight excluding hydrogens is 422 g/mol. The van der Waals surface area contributed by atoms with Crippen molar-refractivity contribution in [2.45, 2.75) is 25.8 Å². The predicted octanol–water partition coefficient (Wildman–Crippen LogP) is 2.28. The summed E-state index contributed by atoms with van der Waals surface area (Å²) < 4.78 is 3.08. The first-order chi connectivity index (χ1) is 15.8. The van der Waals surface area contributed by atoms with Gasteiger partial charge in [0.25, 0.3) is 11.5 Å².